The number of aromatic carboxylic acids is 1. The summed E-state index contributed by atoms with van der Waals surface area (Å²) in [5.41, 5.74) is 0.0503. The molecule has 1 aliphatic rings. The summed E-state index contributed by atoms with van der Waals surface area (Å²) in [5, 5.41) is 12.9. The molecule has 21 heavy (non-hydrogen) atoms. The number of ether oxygens (including phenoxy) is 1. The molecule has 0 spiro atoms. The van der Waals surface area contributed by atoms with Crippen molar-refractivity contribution in [1.29, 1.82) is 0 Å². The van der Waals surface area contributed by atoms with Crippen LogP contribution in [0, 0.1) is 0 Å². The molecule has 1 aliphatic heterocycles. The smallest absolute Gasteiger partial charge is 0.356 e. The number of imidazole rings is 1. The standard InChI is InChI=1S/C12H15N5O4/c1-2-17-3-4-20-7(5-17)10-15-11(21-16-10)8-9(12(18)19)14-6-13-8/h6-7H,2-5H2,1H3,(H,13,14)(H,18,19). The molecule has 0 aromatic carbocycles. The third kappa shape index (κ3) is 2.65. The molecule has 2 N–H and O–H groups in total. The number of hydrogen-bond acceptors (Lipinski definition) is 7. The van der Waals surface area contributed by atoms with Gasteiger partial charge < -0.3 is 19.4 Å². The third-order valence-electron chi connectivity index (χ3n) is 3.38. The summed E-state index contributed by atoms with van der Waals surface area (Å²) in [5.74, 6) is -0.650. The SMILES string of the molecule is CCN1CCOC(c2noc(-c3[nH]cnc3C(=O)O)n2)C1. The maximum absolute atomic E-state index is 11.0. The third-order valence-corrected chi connectivity index (χ3v) is 3.38. The summed E-state index contributed by atoms with van der Waals surface area (Å²) in [6, 6.07) is 0. The van der Waals surface area contributed by atoms with Gasteiger partial charge in [0.15, 0.2) is 5.69 Å². The average Bonchev–Trinajstić information content (AvgIpc) is 3.15. The second-order valence-electron chi connectivity index (χ2n) is 4.64. The van der Waals surface area contributed by atoms with Gasteiger partial charge in [0.25, 0.3) is 5.89 Å². The number of nitrogens with one attached hydrogen (secondary N) is 1. The molecule has 0 amide bonds. The molecule has 9 nitrogen and oxygen atoms in total. The molecule has 1 atom stereocenters. The van der Waals surface area contributed by atoms with Gasteiger partial charge in [0.1, 0.15) is 11.8 Å². The van der Waals surface area contributed by atoms with Crippen LogP contribution in [0.15, 0.2) is 10.9 Å². The molecule has 0 aliphatic carbocycles. The Bertz CT molecular complexity index is 637. The van der Waals surface area contributed by atoms with Gasteiger partial charge >= 0.3 is 5.97 Å². The first-order chi connectivity index (χ1) is 10.2. The number of nitrogens with zero attached hydrogens (tertiary/aromatic N) is 4. The summed E-state index contributed by atoms with van der Waals surface area (Å²) in [6.45, 7) is 5.17. The van der Waals surface area contributed by atoms with Crippen molar-refractivity contribution in [3.05, 3.63) is 17.8 Å². The summed E-state index contributed by atoms with van der Waals surface area (Å²) < 4.78 is 10.8. The van der Waals surface area contributed by atoms with Crippen LogP contribution in [0.3, 0.4) is 0 Å². The fraction of sp³-hybridized carbons (Fsp3) is 0.500. The lowest BCUT2D eigenvalue weighted by Gasteiger charge is -2.30. The van der Waals surface area contributed by atoms with Crippen LogP contribution in [0.4, 0.5) is 0 Å². The van der Waals surface area contributed by atoms with Gasteiger partial charge in [-0.3, -0.25) is 4.90 Å². The van der Waals surface area contributed by atoms with Crippen molar-refractivity contribution in [2.75, 3.05) is 26.2 Å². The minimum Gasteiger partial charge on any atom is -0.476 e. The Balaban J connectivity index is 1.83. The second-order valence-corrected chi connectivity index (χ2v) is 4.64. The molecule has 0 saturated carbocycles. The summed E-state index contributed by atoms with van der Waals surface area (Å²) in [7, 11) is 0. The first kappa shape index (κ1) is 13.7. The first-order valence-electron chi connectivity index (χ1n) is 6.63. The van der Waals surface area contributed by atoms with Gasteiger partial charge in [-0.15, -0.1) is 0 Å². The molecule has 1 saturated heterocycles. The Hall–Kier alpha value is -2.26. The predicted molar refractivity (Wildman–Crippen MR) is 69.6 cm³/mol. The first-order valence-corrected chi connectivity index (χ1v) is 6.63. The fourth-order valence-electron chi connectivity index (χ4n) is 2.23. The van der Waals surface area contributed by atoms with Crippen LogP contribution in [-0.2, 0) is 4.74 Å². The number of rotatable bonds is 4. The number of likely N-dealkylation sites (N-methyl/N-ethyl adjacent to an activating group) is 1. The number of aromatic amines is 1. The monoisotopic (exact) mass is 293 g/mol. The average molecular weight is 293 g/mol. The van der Waals surface area contributed by atoms with Crippen LogP contribution in [0.2, 0.25) is 0 Å². The van der Waals surface area contributed by atoms with Crippen molar-refractivity contribution in [1.82, 2.24) is 25.0 Å². The number of carboxylic acid groups (broad SMARTS) is 1. The van der Waals surface area contributed by atoms with Crippen molar-refractivity contribution in [2.24, 2.45) is 0 Å². The van der Waals surface area contributed by atoms with E-state index in [1.807, 2.05) is 0 Å². The van der Waals surface area contributed by atoms with Crippen LogP contribution < -0.4 is 0 Å². The van der Waals surface area contributed by atoms with E-state index in [1.54, 1.807) is 0 Å². The fourth-order valence-corrected chi connectivity index (χ4v) is 2.23. The van der Waals surface area contributed by atoms with E-state index in [9.17, 15) is 4.79 Å². The lowest BCUT2D eigenvalue weighted by molar-refractivity contribution is -0.0334. The highest BCUT2D eigenvalue weighted by Gasteiger charge is 2.27. The van der Waals surface area contributed by atoms with Gasteiger partial charge in [-0.05, 0) is 6.54 Å². The van der Waals surface area contributed by atoms with E-state index in [0.29, 0.717) is 19.0 Å². The molecular weight excluding hydrogens is 278 g/mol. The zero-order valence-electron chi connectivity index (χ0n) is 11.4. The highest BCUT2D eigenvalue weighted by molar-refractivity contribution is 5.91. The number of carbonyl (C=O) groups is 1. The molecule has 2 aromatic rings. The van der Waals surface area contributed by atoms with Crippen molar-refractivity contribution >= 4 is 5.97 Å². The van der Waals surface area contributed by atoms with Crippen molar-refractivity contribution in [2.45, 2.75) is 13.0 Å². The Morgan fingerprint density at radius 3 is 3.24 bits per heavy atom. The molecule has 0 radical (unpaired) electrons. The molecule has 1 unspecified atom stereocenters. The zero-order chi connectivity index (χ0) is 14.8. The van der Waals surface area contributed by atoms with E-state index in [-0.39, 0.29) is 23.4 Å². The topological polar surface area (TPSA) is 117 Å². The van der Waals surface area contributed by atoms with Gasteiger partial charge in [-0.2, -0.15) is 4.98 Å². The highest BCUT2D eigenvalue weighted by Crippen LogP contribution is 2.24. The van der Waals surface area contributed by atoms with E-state index in [4.69, 9.17) is 14.4 Å². The molecule has 2 aromatic heterocycles. The van der Waals surface area contributed by atoms with Gasteiger partial charge in [0, 0.05) is 13.1 Å². The van der Waals surface area contributed by atoms with E-state index >= 15 is 0 Å². The Morgan fingerprint density at radius 2 is 2.48 bits per heavy atom. The molecule has 112 valence electrons. The van der Waals surface area contributed by atoms with Crippen LogP contribution in [-0.4, -0.2) is 62.3 Å². The van der Waals surface area contributed by atoms with E-state index < -0.39 is 5.97 Å². The van der Waals surface area contributed by atoms with Gasteiger partial charge in [-0.25, -0.2) is 9.78 Å². The number of morpholine rings is 1. The number of H-pyrrole nitrogens is 1. The second kappa shape index (κ2) is 5.62. The maximum Gasteiger partial charge on any atom is 0.356 e. The molecular formula is C12H15N5O4. The molecule has 3 heterocycles. The van der Waals surface area contributed by atoms with E-state index in [0.717, 1.165) is 13.1 Å². The van der Waals surface area contributed by atoms with E-state index in [2.05, 4.69) is 31.9 Å². The lowest BCUT2D eigenvalue weighted by Crippen LogP contribution is -2.38. The van der Waals surface area contributed by atoms with Crippen molar-refractivity contribution < 1.29 is 19.2 Å². The molecule has 3 rings (SSSR count). The van der Waals surface area contributed by atoms with Crippen LogP contribution in [0.1, 0.15) is 29.3 Å². The number of hydrogen-bond donors (Lipinski definition) is 2. The van der Waals surface area contributed by atoms with Gasteiger partial charge in [0.05, 0.1) is 12.9 Å². The highest BCUT2D eigenvalue weighted by atomic mass is 16.5. The quantitative estimate of drug-likeness (QED) is 0.839. The summed E-state index contributed by atoms with van der Waals surface area (Å²) >= 11 is 0. The molecule has 1 fully saturated rings. The molecule has 0 bridgehead atoms. The van der Waals surface area contributed by atoms with Gasteiger partial charge in [0.2, 0.25) is 5.82 Å². The summed E-state index contributed by atoms with van der Waals surface area (Å²) in [4.78, 5) is 23.9. The number of carboxylic acids is 1. The molecule has 9 heteroatoms. The van der Waals surface area contributed by atoms with Gasteiger partial charge in [-0.1, -0.05) is 12.1 Å². The van der Waals surface area contributed by atoms with Crippen LogP contribution >= 0.6 is 0 Å². The minimum absolute atomic E-state index is 0.0946. The van der Waals surface area contributed by atoms with Crippen molar-refractivity contribution in [3.8, 4) is 11.6 Å². The lowest BCUT2D eigenvalue weighted by atomic mass is 10.2. The zero-order valence-corrected chi connectivity index (χ0v) is 11.4. The Labute approximate surface area is 119 Å². The van der Waals surface area contributed by atoms with Crippen LogP contribution in [0.25, 0.3) is 11.6 Å². The minimum atomic E-state index is -1.16. The van der Waals surface area contributed by atoms with Crippen molar-refractivity contribution in [3.63, 3.8) is 0 Å². The Morgan fingerprint density at radius 1 is 1.62 bits per heavy atom. The number of aromatic nitrogens is 4. The predicted octanol–water partition coefficient (Wildman–Crippen LogP) is 0.551. The Kier molecular flexibility index (Phi) is 3.67. The van der Waals surface area contributed by atoms with Crippen LogP contribution in [0.5, 0.6) is 0 Å². The normalized spacial score (nSPS) is 19.8. The van der Waals surface area contributed by atoms with E-state index in [1.165, 1.54) is 6.33 Å². The maximum atomic E-state index is 11.0. The largest absolute Gasteiger partial charge is 0.476 e. The summed E-state index contributed by atoms with van der Waals surface area (Å²) in [6.07, 6.45) is 1.01.